The van der Waals surface area contributed by atoms with Crippen molar-refractivity contribution in [2.24, 2.45) is 0 Å². The molecule has 0 N–H and O–H groups in total. The molecule has 0 heterocycles. The number of halogens is 1. The van der Waals surface area contributed by atoms with E-state index in [0.717, 1.165) is 23.5 Å². The molecule has 0 fully saturated rings. The molecule has 2 aromatic carbocycles. The quantitative estimate of drug-likeness (QED) is 0.523. The highest BCUT2D eigenvalue weighted by atomic mass is 35.5. The van der Waals surface area contributed by atoms with Gasteiger partial charge in [-0.2, -0.15) is 0 Å². The third-order valence-corrected chi connectivity index (χ3v) is 3.01. The van der Waals surface area contributed by atoms with Gasteiger partial charge in [-0.15, -0.1) is 0 Å². The lowest BCUT2D eigenvalue weighted by molar-refractivity contribution is 0.0156. The van der Waals surface area contributed by atoms with Gasteiger partial charge in [-0.3, -0.25) is 0 Å². The largest absolute Gasteiger partial charge is 0.489 e. The zero-order chi connectivity index (χ0) is 14.9. The lowest BCUT2D eigenvalue weighted by atomic mass is 10.2. The number of benzene rings is 2. The average Bonchev–Trinajstić information content (AvgIpc) is 2.51. The minimum absolute atomic E-state index is 0.274. The second-order valence-electron chi connectivity index (χ2n) is 4.56. The van der Waals surface area contributed by atoms with E-state index < -0.39 is 0 Å². The van der Waals surface area contributed by atoms with Gasteiger partial charge in [-0.05, 0) is 48.4 Å². The summed E-state index contributed by atoms with van der Waals surface area (Å²) < 4.78 is 16.4. The Morgan fingerprint density at radius 1 is 0.952 bits per heavy atom. The molecule has 0 bridgehead atoms. The number of ether oxygens (including phenoxy) is 3. The summed E-state index contributed by atoms with van der Waals surface area (Å²) in [6.07, 6.45) is 0.986. The Hall–Kier alpha value is -1.71. The van der Waals surface area contributed by atoms with Crippen LogP contribution in [0.4, 0.5) is 0 Å². The highest BCUT2D eigenvalue weighted by Gasteiger charge is 1.99. The van der Waals surface area contributed by atoms with E-state index in [9.17, 15) is 0 Å². The molecule has 0 spiro atoms. The Labute approximate surface area is 130 Å². The fourth-order valence-electron chi connectivity index (χ4n) is 1.74. The standard InChI is InChI=1S/C17H19ClO3/c1-2-10-19-13-21-17-8-6-16(7-9-17)20-12-14-4-3-5-15(18)11-14/h3-9,11H,2,10,12-13H2,1H3. The molecule has 2 rings (SSSR count). The molecule has 0 aliphatic heterocycles. The van der Waals surface area contributed by atoms with Crippen molar-refractivity contribution in [3.05, 3.63) is 59.1 Å². The Morgan fingerprint density at radius 2 is 1.67 bits per heavy atom. The first-order valence-corrected chi connectivity index (χ1v) is 7.33. The predicted octanol–water partition coefficient (Wildman–Crippen LogP) is 4.68. The van der Waals surface area contributed by atoms with E-state index in [1.165, 1.54) is 0 Å². The summed E-state index contributed by atoms with van der Waals surface area (Å²) in [6.45, 7) is 3.53. The first kappa shape index (κ1) is 15.7. The minimum Gasteiger partial charge on any atom is -0.489 e. The lowest BCUT2D eigenvalue weighted by Crippen LogP contribution is -2.03. The van der Waals surface area contributed by atoms with Crippen LogP contribution in [0.2, 0.25) is 5.02 Å². The molecule has 2 aromatic rings. The van der Waals surface area contributed by atoms with Crippen LogP contribution in [-0.4, -0.2) is 13.4 Å². The van der Waals surface area contributed by atoms with E-state index in [1.54, 1.807) is 0 Å². The average molecular weight is 307 g/mol. The molecule has 0 atom stereocenters. The molecule has 0 saturated carbocycles. The van der Waals surface area contributed by atoms with Gasteiger partial charge in [0.2, 0.25) is 0 Å². The maximum absolute atomic E-state index is 5.93. The molecule has 112 valence electrons. The summed E-state index contributed by atoms with van der Waals surface area (Å²) in [7, 11) is 0. The number of hydrogen-bond acceptors (Lipinski definition) is 3. The molecule has 4 heteroatoms. The summed E-state index contributed by atoms with van der Waals surface area (Å²) in [5.74, 6) is 1.55. The Kier molecular flexibility index (Phi) is 6.38. The monoisotopic (exact) mass is 306 g/mol. The Balaban J connectivity index is 1.79. The van der Waals surface area contributed by atoms with Crippen LogP contribution < -0.4 is 9.47 Å². The van der Waals surface area contributed by atoms with Crippen molar-refractivity contribution >= 4 is 11.6 Å². The summed E-state index contributed by atoms with van der Waals surface area (Å²) in [6, 6.07) is 15.1. The molecule has 0 amide bonds. The van der Waals surface area contributed by atoms with Crippen LogP contribution in [0, 0.1) is 0 Å². The molecule has 3 nitrogen and oxygen atoms in total. The first-order chi connectivity index (χ1) is 10.3. The fraction of sp³-hybridized carbons (Fsp3) is 0.294. The third kappa shape index (κ3) is 5.66. The second-order valence-corrected chi connectivity index (χ2v) is 5.00. The number of rotatable bonds is 8. The lowest BCUT2D eigenvalue weighted by Gasteiger charge is -2.09. The smallest absolute Gasteiger partial charge is 0.189 e. The molecule has 0 aromatic heterocycles. The van der Waals surface area contributed by atoms with Crippen molar-refractivity contribution in [1.82, 2.24) is 0 Å². The van der Waals surface area contributed by atoms with Crippen LogP contribution in [0.25, 0.3) is 0 Å². The third-order valence-electron chi connectivity index (χ3n) is 2.78. The van der Waals surface area contributed by atoms with Crippen LogP contribution in [0.3, 0.4) is 0 Å². The van der Waals surface area contributed by atoms with E-state index in [1.807, 2.05) is 48.5 Å². The van der Waals surface area contributed by atoms with Crippen LogP contribution in [0.5, 0.6) is 11.5 Å². The van der Waals surface area contributed by atoms with Gasteiger partial charge in [0.05, 0.1) is 6.61 Å². The van der Waals surface area contributed by atoms with Crippen molar-refractivity contribution in [2.45, 2.75) is 20.0 Å². The van der Waals surface area contributed by atoms with E-state index in [4.69, 9.17) is 25.8 Å². The van der Waals surface area contributed by atoms with Crippen LogP contribution in [-0.2, 0) is 11.3 Å². The highest BCUT2D eigenvalue weighted by molar-refractivity contribution is 6.30. The zero-order valence-corrected chi connectivity index (χ0v) is 12.8. The van der Waals surface area contributed by atoms with Gasteiger partial charge in [-0.1, -0.05) is 30.7 Å². The highest BCUT2D eigenvalue weighted by Crippen LogP contribution is 2.19. The second kappa shape index (κ2) is 8.55. The van der Waals surface area contributed by atoms with Gasteiger partial charge in [0.1, 0.15) is 18.1 Å². The summed E-state index contributed by atoms with van der Waals surface area (Å²) in [5, 5.41) is 0.715. The van der Waals surface area contributed by atoms with Crippen LogP contribution in [0.15, 0.2) is 48.5 Å². The summed E-state index contributed by atoms with van der Waals surface area (Å²) in [5.41, 5.74) is 1.04. The predicted molar refractivity (Wildman–Crippen MR) is 84.0 cm³/mol. The van der Waals surface area contributed by atoms with Crippen LogP contribution in [0.1, 0.15) is 18.9 Å². The maximum Gasteiger partial charge on any atom is 0.189 e. The topological polar surface area (TPSA) is 27.7 Å². The number of hydrogen-bond donors (Lipinski definition) is 0. The van der Waals surface area contributed by atoms with Gasteiger partial charge in [0.15, 0.2) is 6.79 Å². The van der Waals surface area contributed by atoms with E-state index >= 15 is 0 Å². The Morgan fingerprint density at radius 3 is 2.33 bits per heavy atom. The van der Waals surface area contributed by atoms with Gasteiger partial charge >= 0.3 is 0 Å². The molecular formula is C17H19ClO3. The van der Waals surface area contributed by atoms with E-state index in [0.29, 0.717) is 18.2 Å². The minimum atomic E-state index is 0.274. The molecule has 0 aliphatic rings. The van der Waals surface area contributed by atoms with Gasteiger partial charge < -0.3 is 14.2 Å². The SMILES string of the molecule is CCCOCOc1ccc(OCc2cccc(Cl)c2)cc1. The van der Waals surface area contributed by atoms with Gasteiger partial charge in [0, 0.05) is 5.02 Å². The van der Waals surface area contributed by atoms with Crippen molar-refractivity contribution in [3.8, 4) is 11.5 Å². The first-order valence-electron chi connectivity index (χ1n) is 6.96. The van der Waals surface area contributed by atoms with Crippen LogP contribution >= 0.6 is 11.6 Å². The molecule has 0 saturated heterocycles. The summed E-state index contributed by atoms with van der Waals surface area (Å²) >= 11 is 5.93. The van der Waals surface area contributed by atoms with Gasteiger partial charge in [-0.25, -0.2) is 0 Å². The normalized spacial score (nSPS) is 10.4. The summed E-state index contributed by atoms with van der Waals surface area (Å²) in [4.78, 5) is 0. The maximum atomic E-state index is 5.93. The van der Waals surface area contributed by atoms with Crippen molar-refractivity contribution in [2.75, 3.05) is 13.4 Å². The fourth-order valence-corrected chi connectivity index (χ4v) is 1.95. The molecule has 0 aliphatic carbocycles. The van der Waals surface area contributed by atoms with Crippen molar-refractivity contribution < 1.29 is 14.2 Å². The van der Waals surface area contributed by atoms with Gasteiger partial charge in [0.25, 0.3) is 0 Å². The molecule has 0 radical (unpaired) electrons. The van der Waals surface area contributed by atoms with E-state index in [-0.39, 0.29) is 6.79 Å². The molecule has 0 unspecified atom stereocenters. The molecule has 21 heavy (non-hydrogen) atoms. The zero-order valence-electron chi connectivity index (χ0n) is 12.0. The van der Waals surface area contributed by atoms with Crippen molar-refractivity contribution in [1.29, 1.82) is 0 Å². The molecular weight excluding hydrogens is 288 g/mol. The van der Waals surface area contributed by atoms with Crippen molar-refractivity contribution in [3.63, 3.8) is 0 Å². The van der Waals surface area contributed by atoms with E-state index in [2.05, 4.69) is 6.92 Å². The Bertz CT molecular complexity index is 540.